The van der Waals surface area contributed by atoms with Crippen LogP contribution in [-0.2, 0) is 13.3 Å². The van der Waals surface area contributed by atoms with Crippen molar-refractivity contribution in [1.82, 2.24) is 5.32 Å². The predicted octanol–water partition coefficient (Wildman–Crippen LogP) is 1.64. The summed E-state index contributed by atoms with van der Waals surface area (Å²) in [6.07, 6.45) is 2.41. The van der Waals surface area contributed by atoms with Crippen LogP contribution in [0.5, 0.6) is 0 Å². The van der Waals surface area contributed by atoms with Gasteiger partial charge in [0.15, 0.2) is 0 Å². The van der Waals surface area contributed by atoms with Crippen molar-refractivity contribution in [2.45, 2.75) is 38.8 Å². The van der Waals surface area contributed by atoms with Gasteiger partial charge in [0.2, 0.25) is 0 Å². The molecule has 0 aliphatic heterocycles. The topological polar surface area (TPSA) is 39.7 Å². The molecule has 92 valence electrons. The Morgan fingerprint density at radius 3 is 2.07 bits per heavy atom. The van der Waals surface area contributed by atoms with Gasteiger partial charge in [-0.1, -0.05) is 13.3 Å². The summed E-state index contributed by atoms with van der Waals surface area (Å²) < 4.78 is 16.1. The third-order valence-corrected chi connectivity index (χ3v) is 5.49. The van der Waals surface area contributed by atoms with E-state index in [1.165, 1.54) is 12.8 Å². The van der Waals surface area contributed by atoms with Crippen LogP contribution in [0.2, 0.25) is 6.04 Å². The molecule has 0 aromatic rings. The Morgan fingerprint density at radius 2 is 1.67 bits per heavy atom. The molecule has 0 fully saturated rings. The molecule has 0 saturated carbocycles. The summed E-state index contributed by atoms with van der Waals surface area (Å²) in [7, 11) is 2.55. The molecule has 5 heteroatoms. The number of nitrogens with one attached hydrogen (secondary N) is 1. The molecular weight excluding hydrogens is 210 g/mol. The summed E-state index contributed by atoms with van der Waals surface area (Å²) in [5.41, 5.74) is 0. The molecule has 1 unspecified atom stereocenters. The Balaban J connectivity index is 3.94. The highest BCUT2D eigenvalue weighted by molar-refractivity contribution is 6.60. The molecule has 4 nitrogen and oxygen atoms in total. The monoisotopic (exact) mass is 235 g/mol. The van der Waals surface area contributed by atoms with Crippen LogP contribution in [0.25, 0.3) is 0 Å². The molecular formula is C10H25NO3Si. The molecule has 0 radical (unpaired) electrons. The van der Waals surface area contributed by atoms with Crippen molar-refractivity contribution in [2.75, 3.05) is 27.9 Å². The predicted molar refractivity (Wildman–Crippen MR) is 64.0 cm³/mol. The second-order valence-electron chi connectivity index (χ2n) is 3.71. The van der Waals surface area contributed by atoms with Gasteiger partial charge in [-0.25, -0.2) is 0 Å². The minimum atomic E-state index is -2.40. The number of hydrogen-bond donors (Lipinski definition) is 1. The fourth-order valence-corrected chi connectivity index (χ4v) is 3.37. The van der Waals surface area contributed by atoms with Gasteiger partial charge in [-0.3, -0.25) is 0 Å². The summed E-state index contributed by atoms with van der Waals surface area (Å²) in [5.74, 6) is 0. The largest absolute Gasteiger partial charge is 0.501 e. The molecule has 0 rings (SSSR count). The summed E-state index contributed by atoms with van der Waals surface area (Å²) in [6.45, 7) is 5.36. The van der Waals surface area contributed by atoms with E-state index >= 15 is 0 Å². The van der Waals surface area contributed by atoms with Gasteiger partial charge >= 0.3 is 8.80 Å². The van der Waals surface area contributed by atoms with Crippen molar-refractivity contribution in [3.8, 4) is 0 Å². The zero-order valence-electron chi connectivity index (χ0n) is 10.6. The Hall–Kier alpha value is 0.0569. The van der Waals surface area contributed by atoms with Crippen LogP contribution in [0.1, 0.15) is 26.7 Å². The quantitative estimate of drug-likeness (QED) is 0.487. The highest BCUT2D eigenvalue weighted by Crippen LogP contribution is 2.14. The van der Waals surface area contributed by atoms with Gasteiger partial charge in [-0.15, -0.1) is 0 Å². The first-order valence-electron chi connectivity index (χ1n) is 5.53. The summed E-state index contributed by atoms with van der Waals surface area (Å²) in [6, 6.07) is 1.17. The van der Waals surface area contributed by atoms with Crippen molar-refractivity contribution in [3.63, 3.8) is 0 Å². The highest BCUT2D eigenvalue weighted by atomic mass is 28.4. The SMILES string of the molecule is CCCCNC(C)C[Si](OC)(OC)OC. The fourth-order valence-electron chi connectivity index (χ4n) is 1.47. The first kappa shape index (κ1) is 15.1. The average Bonchev–Trinajstić information content (AvgIpc) is 2.26. The van der Waals surface area contributed by atoms with Crippen LogP contribution in [-0.4, -0.2) is 42.7 Å². The van der Waals surface area contributed by atoms with Crippen LogP contribution in [0.15, 0.2) is 0 Å². The van der Waals surface area contributed by atoms with E-state index in [4.69, 9.17) is 13.3 Å². The second-order valence-corrected chi connectivity index (χ2v) is 6.71. The maximum absolute atomic E-state index is 5.37. The molecule has 0 amide bonds. The molecule has 15 heavy (non-hydrogen) atoms. The third-order valence-electron chi connectivity index (χ3n) is 2.51. The van der Waals surface area contributed by atoms with Crippen molar-refractivity contribution >= 4 is 8.80 Å². The summed E-state index contributed by atoms with van der Waals surface area (Å²) >= 11 is 0. The normalized spacial score (nSPS) is 14.2. The van der Waals surface area contributed by atoms with Crippen LogP contribution < -0.4 is 5.32 Å². The molecule has 0 spiro atoms. The molecule has 1 atom stereocenters. The lowest BCUT2D eigenvalue weighted by Crippen LogP contribution is -2.47. The number of hydrogen-bond acceptors (Lipinski definition) is 4. The maximum atomic E-state index is 5.37. The Labute approximate surface area is 94.7 Å². The molecule has 0 aromatic carbocycles. The highest BCUT2D eigenvalue weighted by Gasteiger charge is 2.39. The lowest BCUT2D eigenvalue weighted by molar-refractivity contribution is 0.120. The van der Waals surface area contributed by atoms with E-state index in [9.17, 15) is 0 Å². The van der Waals surface area contributed by atoms with Crippen LogP contribution in [0, 0.1) is 0 Å². The van der Waals surface area contributed by atoms with E-state index in [0.717, 1.165) is 12.6 Å². The molecule has 0 aliphatic rings. The van der Waals surface area contributed by atoms with E-state index in [0.29, 0.717) is 6.04 Å². The van der Waals surface area contributed by atoms with E-state index in [-0.39, 0.29) is 0 Å². The van der Waals surface area contributed by atoms with Crippen molar-refractivity contribution in [2.24, 2.45) is 0 Å². The first-order chi connectivity index (χ1) is 7.14. The van der Waals surface area contributed by atoms with Gasteiger partial charge in [-0.2, -0.15) is 0 Å². The third kappa shape index (κ3) is 5.63. The van der Waals surface area contributed by atoms with Gasteiger partial charge < -0.3 is 18.6 Å². The molecule has 0 aromatic heterocycles. The number of rotatable bonds is 9. The van der Waals surface area contributed by atoms with Gasteiger partial charge in [0.05, 0.1) is 0 Å². The Bertz CT molecular complexity index is 145. The minimum absolute atomic E-state index is 0.364. The molecule has 0 aliphatic carbocycles. The standard InChI is InChI=1S/C10H25NO3Si/c1-6-7-8-11-10(2)9-15(12-3,13-4)14-5/h10-11H,6-9H2,1-5H3. The minimum Gasteiger partial charge on any atom is -0.377 e. The smallest absolute Gasteiger partial charge is 0.377 e. The average molecular weight is 235 g/mol. The van der Waals surface area contributed by atoms with Crippen LogP contribution >= 0.6 is 0 Å². The van der Waals surface area contributed by atoms with Gasteiger partial charge in [0.1, 0.15) is 0 Å². The summed E-state index contributed by atoms with van der Waals surface area (Å²) in [4.78, 5) is 0. The van der Waals surface area contributed by atoms with E-state index < -0.39 is 8.80 Å². The van der Waals surface area contributed by atoms with Gasteiger partial charge in [0.25, 0.3) is 0 Å². The fraction of sp³-hybridized carbons (Fsp3) is 1.00. The Morgan fingerprint density at radius 1 is 1.13 bits per heavy atom. The zero-order valence-corrected chi connectivity index (χ0v) is 11.6. The first-order valence-corrected chi connectivity index (χ1v) is 7.46. The zero-order chi connectivity index (χ0) is 11.7. The van der Waals surface area contributed by atoms with E-state index in [1.807, 2.05) is 0 Å². The van der Waals surface area contributed by atoms with Crippen molar-refractivity contribution < 1.29 is 13.3 Å². The van der Waals surface area contributed by atoms with Crippen LogP contribution in [0.4, 0.5) is 0 Å². The van der Waals surface area contributed by atoms with Crippen molar-refractivity contribution in [1.29, 1.82) is 0 Å². The number of unbranched alkanes of at least 4 members (excludes halogenated alkanes) is 1. The summed E-state index contributed by atoms with van der Waals surface area (Å²) in [5, 5.41) is 3.44. The maximum Gasteiger partial charge on any atom is 0.501 e. The lowest BCUT2D eigenvalue weighted by Gasteiger charge is -2.27. The molecule has 0 saturated heterocycles. The molecule has 1 N–H and O–H groups in total. The van der Waals surface area contributed by atoms with Gasteiger partial charge in [-0.05, 0) is 19.9 Å². The van der Waals surface area contributed by atoms with Gasteiger partial charge in [0, 0.05) is 33.4 Å². The van der Waals surface area contributed by atoms with Crippen molar-refractivity contribution in [3.05, 3.63) is 0 Å². The molecule has 0 bridgehead atoms. The molecule has 0 heterocycles. The van der Waals surface area contributed by atoms with Crippen LogP contribution in [0.3, 0.4) is 0 Å². The lowest BCUT2D eigenvalue weighted by atomic mass is 10.3. The second kappa shape index (κ2) is 8.24. The Kier molecular flexibility index (Phi) is 8.27. The van der Waals surface area contributed by atoms with E-state index in [1.54, 1.807) is 21.3 Å². The van der Waals surface area contributed by atoms with E-state index in [2.05, 4.69) is 19.2 Å².